The van der Waals surface area contributed by atoms with Gasteiger partial charge in [0.15, 0.2) is 0 Å². The molecule has 2 aromatic carbocycles. The van der Waals surface area contributed by atoms with Gasteiger partial charge >= 0.3 is 0 Å². The van der Waals surface area contributed by atoms with Crippen LogP contribution in [0, 0.1) is 10.8 Å². The van der Waals surface area contributed by atoms with Gasteiger partial charge in [-0.2, -0.15) is 0 Å². The molecule has 1 aliphatic rings. The molecule has 1 saturated heterocycles. The Hall–Kier alpha value is -2.85. The van der Waals surface area contributed by atoms with E-state index in [4.69, 9.17) is 36.5 Å². The molecule has 0 aliphatic carbocycles. The number of hydrogen-bond donors (Lipinski definition) is 5. The van der Waals surface area contributed by atoms with Crippen LogP contribution in [0.15, 0.2) is 48.5 Å². The van der Waals surface area contributed by atoms with Crippen molar-refractivity contribution in [3.63, 3.8) is 0 Å². The first-order valence-electron chi connectivity index (χ1n) is 11.7. The van der Waals surface area contributed by atoms with Crippen LogP contribution >= 0.6 is 12.4 Å². The molecular formula is C25H37ClN6O3. The number of nitrogen functional groups attached to an aromatic ring is 2. The molecule has 0 radical (unpaired) electrons. The largest absolute Gasteiger partial charge is 0.494 e. The quantitative estimate of drug-likeness (QED) is 0.151. The molecule has 1 heterocycles. The average molecular weight is 505 g/mol. The topological polar surface area (TPSA) is 143 Å². The summed E-state index contributed by atoms with van der Waals surface area (Å²) in [6, 6.07) is 14.6. The minimum absolute atomic E-state index is 0. The maximum Gasteiger partial charge on any atom is 0.122 e. The summed E-state index contributed by atoms with van der Waals surface area (Å²) < 4.78 is 17.4. The van der Waals surface area contributed by atoms with Gasteiger partial charge < -0.3 is 31.0 Å². The average Bonchev–Trinajstić information content (AvgIpc) is 2.85. The van der Waals surface area contributed by atoms with Gasteiger partial charge in [-0.1, -0.05) is 0 Å². The highest BCUT2D eigenvalue weighted by Gasteiger charge is 2.19. The number of hydrogen-bond acceptors (Lipinski definition) is 7. The fourth-order valence-electron chi connectivity index (χ4n) is 3.70. The Kier molecular flexibility index (Phi) is 12.3. The van der Waals surface area contributed by atoms with E-state index in [0.717, 1.165) is 63.7 Å². The van der Waals surface area contributed by atoms with Crippen LogP contribution in [0.3, 0.4) is 0 Å². The molecule has 7 N–H and O–H groups in total. The molecule has 192 valence electrons. The SMILES string of the molecule is Cl.N=C(N)c1ccc(OCCCNCC2CN(CCCOc3ccc(C(=N)N)cc3)CCO2)cc1. The van der Waals surface area contributed by atoms with E-state index in [0.29, 0.717) is 24.3 Å². The fourth-order valence-corrected chi connectivity index (χ4v) is 3.70. The molecule has 1 unspecified atom stereocenters. The minimum atomic E-state index is 0. The van der Waals surface area contributed by atoms with E-state index in [-0.39, 0.29) is 30.2 Å². The van der Waals surface area contributed by atoms with Crippen LogP contribution in [-0.2, 0) is 4.74 Å². The maximum atomic E-state index is 7.43. The van der Waals surface area contributed by atoms with Crippen LogP contribution in [0.25, 0.3) is 0 Å². The number of halogens is 1. The Morgan fingerprint density at radius 2 is 1.46 bits per heavy atom. The molecule has 2 aromatic rings. The van der Waals surface area contributed by atoms with Crippen molar-refractivity contribution in [3.8, 4) is 11.5 Å². The zero-order valence-corrected chi connectivity index (χ0v) is 20.8. The monoisotopic (exact) mass is 504 g/mol. The number of morpholine rings is 1. The highest BCUT2D eigenvalue weighted by atomic mass is 35.5. The molecule has 10 heteroatoms. The summed E-state index contributed by atoms with van der Waals surface area (Å²) in [6.45, 7) is 6.54. The van der Waals surface area contributed by atoms with Gasteiger partial charge in [0.05, 0.1) is 25.9 Å². The number of benzene rings is 2. The number of nitrogens with zero attached hydrogens (tertiary/aromatic N) is 1. The van der Waals surface area contributed by atoms with Gasteiger partial charge in [0, 0.05) is 37.3 Å². The Labute approximate surface area is 213 Å². The molecule has 3 rings (SSSR count). The van der Waals surface area contributed by atoms with E-state index >= 15 is 0 Å². The number of nitrogens with one attached hydrogen (secondary N) is 3. The molecule has 0 aromatic heterocycles. The van der Waals surface area contributed by atoms with Gasteiger partial charge in [-0.25, -0.2) is 0 Å². The number of rotatable bonds is 14. The van der Waals surface area contributed by atoms with E-state index < -0.39 is 0 Å². The smallest absolute Gasteiger partial charge is 0.122 e. The lowest BCUT2D eigenvalue weighted by Gasteiger charge is -2.33. The van der Waals surface area contributed by atoms with Crippen molar-refractivity contribution >= 4 is 24.1 Å². The highest BCUT2D eigenvalue weighted by molar-refractivity contribution is 5.95. The molecule has 0 bridgehead atoms. The Balaban J connectivity index is 0.00000432. The minimum Gasteiger partial charge on any atom is -0.494 e. The number of nitrogens with two attached hydrogens (primary N) is 2. The first-order chi connectivity index (χ1) is 16.5. The first kappa shape index (κ1) is 28.4. The van der Waals surface area contributed by atoms with E-state index in [1.54, 1.807) is 24.3 Å². The second-order valence-electron chi connectivity index (χ2n) is 8.28. The summed E-state index contributed by atoms with van der Waals surface area (Å²) in [5.74, 6) is 1.71. The summed E-state index contributed by atoms with van der Waals surface area (Å²) in [5.41, 5.74) is 12.3. The van der Waals surface area contributed by atoms with Crippen molar-refractivity contribution in [1.82, 2.24) is 10.2 Å². The number of ether oxygens (including phenoxy) is 3. The lowest BCUT2D eigenvalue weighted by atomic mass is 10.2. The van der Waals surface area contributed by atoms with E-state index in [2.05, 4.69) is 10.2 Å². The van der Waals surface area contributed by atoms with Crippen LogP contribution in [0.1, 0.15) is 24.0 Å². The number of amidine groups is 2. The first-order valence-corrected chi connectivity index (χ1v) is 11.7. The Morgan fingerprint density at radius 1 is 0.914 bits per heavy atom. The Bertz CT molecular complexity index is 910. The lowest BCUT2D eigenvalue weighted by Crippen LogP contribution is -2.47. The summed E-state index contributed by atoms with van der Waals surface area (Å²) in [4.78, 5) is 2.42. The third-order valence-electron chi connectivity index (χ3n) is 5.58. The van der Waals surface area contributed by atoms with Crippen molar-refractivity contribution in [2.75, 3.05) is 52.5 Å². The third kappa shape index (κ3) is 10.1. The summed E-state index contributed by atoms with van der Waals surface area (Å²) in [6.07, 6.45) is 2.03. The molecule has 0 amide bonds. The van der Waals surface area contributed by atoms with E-state index in [9.17, 15) is 0 Å². The molecule has 1 fully saturated rings. The van der Waals surface area contributed by atoms with Crippen molar-refractivity contribution < 1.29 is 14.2 Å². The Morgan fingerprint density at radius 3 is 2.00 bits per heavy atom. The molecule has 9 nitrogen and oxygen atoms in total. The van der Waals surface area contributed by atoms with Crippen LogP contribution in [0.4, 0.5) is 0 Å². The van der Waals surface area contributed by atoms with Gasteiger partial charge in [-0.05, 0) is 67.9 Å². The van der Waals surface area contributed by atoms with Gasteiger partial charge in [-0.15, -0.1) is 12.4 Å². The van der Waals surface area contributed by atoms with Crippen LogP contribution < -0.4 is 26.3 Å². The summed E-state index contributed by atoms with van der Waals surface area (Å²) in [7, 11) is 0. The third-order valence-corrected chi connectivity index (χ3v) is 5.58. The van der Waals surface area contributed by atoms with Crippen LogP contribution in [0.2, 0.25) is 0 Å². The normalized spacial score (nSPS) is 15.7. The summed E-state index contributed by atoms with van der Waals surface area (Å²) >= 11 is 0. The standard InChI is InChI=1S/C25H36N6O3.ClH/c26-24(27)19-3-7-21(8-4-19)32-14-1-11-30-17-23-18-31(13-16-34-23)12-2-15-33-22-9-5-20(6-10-22)25(28)29;/h3-10,23,30H,1-2,11-18H2,(H3,26,27)(H3,28,29);1H. The van der Waals surface area contributed by atoms with Crippen LogP contribution in [-0.4, -0.2) is 75.2 Å². The van der Waals surface area contributed by atoms with E-state index in [1.807, 2.05) is 24.3 Å². The lowest BCUT2D eigenvalue weighted by molar-refractivity contribution is -0.0280. The second kappa shape index (κ2) is 15.2. The molecule has 1 aliphatic heterocycles. The van der Waals surface area contributed by atoms with Gasteiger partial charge in [0.1, 0.15) is 23.2 Å². The maximum absolute atomic E-state index is 7.43. The van der Waals surface area contributed by atoms with Crippen molar-refractivity contribution in [1.29, 1.82) is 10.8 Å². The van der Waals surface area contributed by atoms with E-state index in [1.165, 1.54) is 0 Å². The second-order valence-corrected chi connectivity index (χ2v) is 8.28. The van der Waals surface area contributed by atoms with Crippen molar-refractivity contribution in [2.45, 2.75) is 18.9 Å². The van der Waals surface area contributed by atoms with Gasteiger partial charge in [-0.3, -0.25) is 15.7 Å². The predicted molar refractivity (Wildman–Crippen MR) is 141 cm³/mol. The zero-order chi connectivity index (χ0) is 24.2. The molecular weight excluding hydrogens is 468 g/mol. The zero-order valence-electron chi connectivity index (χ0n) is 20.0. The summed E-state index contributed by atoms with van der Waals surface area (Å²) in [5, 5.41) is 18.3. The van der Waals surface area contributed by atoms with Gasteiger partial charge in [0.25, 0.3) is 0 Å². The predicted octanol–water partition coefficient (Wildman–Crippen LogP) is 2.20. The fraction of sp³-hybridized carbons (Fsp3) is 0.440. The van der Waals surface area contributed by atoms with Gasteiger partial charge in [0.2, 0.25) is 0 Å². The molecule has 1 atom stereocenters. The van der Waals surface area contributed by atoms with Crippen LogP contribution in [0.5, 0.6) is 11.5 Å². The molecule has 0 spiro atoms. The molecule has 0 saturated carbocycles. The van der Waals surface area contributed by atoms with Crippen molar-refractivity contribution in [3.05, 3.63) is 59.7 Å². The highest BCUT2D eigenvalue weighted by Crippen LogP contribution is 2.13. The molecule has 35 heavy (non-hydrogen) atoms. The van der Waals surface area contributed by atoms with Crippen molar-refractivity contribution in [2.24, 2.45) is 11.5 Å².